The van der Waals surface area contributed by atoms with Crippen LogP contribution in [0.3, 0.4) is 0 Å². The molecule has 0 aromatic heterocycles. The van der Waals surface area contributed by atoms with Crippen molar-refractivity contribution >= 4 is 5.91 Å². The van der Waals surface area contributed by atoms with E-state index in [9.17, 15) is 61.0 Å². The van der Waals surface area contributed by atoms with Crippen molar-refractivity contribution in [2.75, 3.05) is 26.4 Å². The molecule has 542 valence electrons. The third kappa shape index (κ3) is 36.2. The van der Waals surface area contributed by atoms with E-state index in [1.165, 1.54) is 231 Å². The molecule has 0 saturated carbocycles. The molecule has 19 nitrogen and oxygen atoms in total. The number of hydrogen-bond donors (Lipinski definition) is 12. The van der Waals surface area contributed by atoms with Gasteiger partial charge < -0.3 is 89.9 Å². The lowest BCUT2D eigenvalue weighted by atomic mass is 9.96. The Hall–Kier alpha value is -1.73. The molecule has 0 spiro atoms. The number of rotatable bonds is 59. The largest absolute Gasteiger partial charge is 0.394 e. The normalized spacial score (nSPS) is 27.8. The number of aliphatic hydroxyl groups is 11. The number of hydrogen-bond acceptors (Lipinski definition) is 18. The molecule has 3 heterocycles. The van der Waals surface area contributed by atoms with Gasteiger partial charge in [-0.1, -0.05) is 276 Å². The van der Waals surface area contributed by atoms with Crippen LogP contribution >= 0.6 is 0 Å². The van der Waals surface area contributed by atoms with Crippen LogP contribution in [-0.2, 0) is 33.2 Å². The molecular formula is C73H137NO18. The molecule has 12 N–H and O–H groups in total. The van der Waals surface area contributed by atoms with Gasteiger partial charge >= 0.3 is 0 Å². The molecule has 3 saturated heterocycles. The highest BCUT2D eigenvalue weighted by Gasteiger charge is 2.53. The smallest absolute Gasteiger partial charge is 0.220 e. The highest BCUT2D eigenvalue weighted by atomic mass is 16.8. The molecule has 0 aromatic rings. The maximum absolute atomic E-state index is 13.4. The van der Waals surface area contributed by atoms with Gasteiger partial charge in [-0.25, -0.2) is 0 Å². The zero-order valence-corrected chi connectivity index (χ0v) is 57.5. The summed E-state index contributed by atoms with van der Waals surface area (Å²) in [6.07, 6.45) is 37.2. The zero-order valence-electron chi connectivity index (χ0n) is 57.5. The van der Waals surface area contributed by atoms with Gasteiger partial charge in [0.2, 0.25) is 5.91 Å². The molecular weight excluding hydrogens is 1180 g/mol. The van der Waals surface area contributed by atoms with E-state index in [1.54, 1.807) is 6.08 Å². The maximum Gasteiger partial charge on any atom is 0.220 e. The van der Waals surface area contributed by atoms with Gasteiger partial charge in [0.1, 0.15) is 73.2 Å². The first kappa shape index (κ1) is 84.5. The monoisotopic (exact) mass is 1320 g/mol. The van der Waals surface area contributed by atoms with Crippen molar-refractivity contribution in [3.8, 4) is 0 Å². The van der Waals surface area contributed by atoms with Crippen molar-refractivity contribution in [1.82, 2.24) is 5.32 Å². The van der Waals surface area contributed by atoms with Gasteiger partial charge in [0.05, 0.1) is 38.6 Å². The molecule has 3 rings (SSSR count). The maximum atomic E-state index is 13.4. The Bertz CT molecular complexity index is 1760. The third-order valence-corrected chi connectivity index (χ3v) is 19.0. The van der Waals surface area contributed by atoms with Crippen LogP contribution in [0.5, 0.6) is 0 Å². The Kier molecular flexibility index (Phi) is 50.7. The third-order valence-electron chi connectivity index (χ3n) is 19.0. The highest BCUT2D eigenvalue weighted by molar-refractivity contribution is 5.76. The first-order valence-electron chi connectivity index (χ1n) is 37.6. The van der Waals surface area contributed by atoms with Gasteiger partial charge in [0, 0.05) is 6.42 Å². The number of carbonyl (C=O) groups excluding carboxylic acids is 1. The first-order valence-corrected chi connectivity index (χ1v) is 37.6. The average Bonchev–Trinajstić information content (AvgIpc) is 0.837. The Morgan fingerprint density at radius 3 is 1.05 bits per heavy atom. The van der Waals surface area contributed by atoms with Gasteiger partial charge in [-0.15, -0.1) is 0 Å². The Labute approximate surface area is 556 Å². The SMILES string of the molecule is CCCCCCCCCC/C=C\CCCCCCCCCCCCCCCC(=O)NC(COC1OC(CO)C(OC2OC(CO)C(OC3OC(CO)C(O)C(O)C3O)C(O)C2O)C(O)C1O)C(O)/C=C/CCCCCCCCCCCCCCCCCCCCCC. The van der Waals surface area contributed by atoms with E-state index in [-0.39, 0.29) is 18.9 Å². The van der Waals surface area contributed by atoms with Crippen LogP contribution in [0.15, 0.2) is 24.3 Å². The second-order valence-corrected chi connectivity index (χ2v) is 27.1. The average molecular weight is 1320 g/mol. The molecule has 0 aromatic carbocycles. The van der Waals surface area contributed by atoms with Crippen molar-refractivity contribution < 1.29 is 89.4 Å². The van der Waals surface area contributed by atoms with E-state index in [0.717, 1.165) is 44.9 Å². The topological polar surface area (TPSA) is 307 Å². The van der Waals surface area contributed by atoms with Crippen LogP contribution in [0.2, 0.25) is 0 Å². The number of carbonyl (C=O) groups is 1. The van der Waals surface area contributed by atoms with Gasteiger partial charge in [-0.05, 0) is 44.9 Å². The minimum atomic E-state index is -1.98. The molecule has 0 bridgehead atoms. The minimum Gasteiger partial charge on any atom is -0.394 e. The molecule has 92 heavy (non-hydrogen) atoms. The molecule has 1 amide bonds. The van der Waals surface area contributed by atoms with E-state index >= 15 is 0 Å². The number of allylic oxidation sites excluding steroid dienone is 3. The van der Waals surface area contributed by atoms with E-state index in [0.29, 0.717) is 6.42 Å². The van der Waals surface area contributed by atoms with Crippen LogP contribution in [0.1, 0.15) is 303 Å². The fraction of sp³-hybridized carbons (Fsp3) is 0.932. The van der Waals surface area contributed by atoms with Crippen molar-refractivity contribution in [3.05, 3.63) is 24.3 Å². The fourth-order valence-electron chi connectivity index (χ4n) is 12.9. The lowest BCUT2D eigenvalue weighted by molar-refractivity contribution is -0.379. The van der Waals surface area contributed by atoms with Crippen LogP contribution in [0, 0.1) is 0 Å². The van der Waals surface area contributed by atoms with E-state index in [4.69, 9.17) is 28.4 Å². The minimum absolute atomic E-state index is 0.246. The van der Waals surface area contributed by atoms with Crippen molar-refractivity contribution in [3.63, 3.8) is 0 Å². The second-order valence-electron chi connectivity index (χ2n) is 27.1. The molecule has 0 radical (unpaired) electrons. The Balaban J connectivity index is 1.41. The van der Waals surface area contributed by atoms with Crippen molar-refractivity contribution in [2.24, 2.45) is 0 Å². The van der Waals surface area contributed by atoms with Gasteiger partial charge in [0.15, 0.2) is 18.9 Å². The number of amides is 1. The number of nitrogens with one attached hydrogen (secondary N) is 1. The van der Waals surface area contributed by atoms with E-state index in [1.807, 2.05) is 6.08 Å². The Morgan fingerprint density at radius 1 is 0.380 bits per heavy atom. The van der Waals surface area contributed by atoms with E-state index in [2.05, 4.69) is 31.3 Å². The summed E-state index contributed by atoms with van der Waals surface area (Å²) in [5.41, 5.74) is 0. The fourth-order valence-corrected chi connectivity index (χ4v) is 12.9. The van der Waals surface area contributed by atoms with Crippen LogP contribution in [-0.4, -0.2) is 193 Å². The predicted octanol–water partition coefficient (Wildman–Crippen LogP) is 11.0. The molecule has 0 aliphatic carbocycles. The van der Waals surface area contributed by atoms with Gasteiger partial charge in [-0.3, -0.25) is 4.79 Å². The number of aliphatic hydroxyl groups excluding tert-OH is 11. The molecule has 3 fully saturated rings. The summed E-state index contributed by atoms with van der Waals surface area (Å²) in [5.74, 6) is -0.271. The van der Waals surface area contributed by atoms with Crippen LogP contribution in [0.4, 0.5) is 0 Å². The highest BCUT2D eigenvalue weighted by Crippen LogP contribution is 2.33. The van der Waals surface area contributed by atoms with Crippen molar-refractivity contribution in [1.29, 1.82) is 0 Å². The molecule has 3 aliphatic rings. The number of ether oxygens (including phenoxy) is 6. The van der Waals surface area contributed by atoms with Gasteiger partial charge in [0.25, 0.3) is 0 Å². The predicted molar refractivity (Wildman–Crippen MR) is 360 cm³/mol. The molecule has 17 unspecified atom stereocenters. The summed E-state index contributed by atoms with van der Waals surface area (Å²) in [6.45, 7) is 1.78. The van der Waals surface area contributed by atoms with Crippen LogP contribution in [0.25, 0.3) is 0 Å². The lowest BCUT2D eigenvalue weighted by Gasteiger charge is -2.48. The Morgan fingerprint density at radius 2 is 0.685 bits per heavy atom. The molecule has 3 aliphatic heterocycles. The van der Waals surface area contributed by atoms with Crippen LogP contribution < -0.4 is 5.32 Å². The van der Waals surface area contributed by atoms with Crippen molar-refractivity contribution in [2.45, 2.75) is 407 Å². The summed E-state index contributed by atoms with van der Waals surface area (Å²) in [7, 11) is 0. The van der Waals surface area contributed by atoms with Gasteiger partial charge in [-0.2, -0.15) is 0 Å². The quantitative estimate of drug-likeness (QED) is 0.0199. The second kappa shape index (κ2) is 55.2. The zero-order chi connectivity index (χ0) is 66.8. The summed E-state index contributed by atoms with van der Waals surface area (Å²) in [5, 5.41) is 121. The summed E-state index contributed by atoms with van der Waals surface area (Å²) in [6, 6.07) is -0.972. The first-order chi connectivity index (χ1) is 44.8. The molecule has 17 atom stereocenters. The summed E-state index contributed by atoms with van der Waals surface area (Å²) < 4.78 is 34.4. The summed E-state index contributed by atoms with van der Waals surface area (Å²) >= 11 is 0. The standard InChI is InChI=1S/C73H137NO18/c1-3-5-7-9-11-13-15-17-19-21-23-25-27-28-29-31-33-35-37-39-41-43-45-47-49-51-61(79)74-56(57(78)50-48-46-44-42-40-38-36-34-32-30-26-24-22-20-18-16-14-12-10-8-6-4-2)55-87-71-67(85)64(82)69(59(53-76)89-71)92-73-68(86)65(83)70(60(54-77)90-73)91-72-66(84)63(81)62(80)58(52-75)88-72/h21,23,48,50,56-60,62-73,75-78,80-86H,3-20,22,24-47,49,51-55H2,1-2H3,(H,74,79)/b23-21-,50-48+. The summed E-state index contributed by atoms with van der Waals surface area (Å²) in [4.78, 5) is 13.4. The number of unbranched alkanes of at least 4 members (excludes halogenated alkanes) is 41. The van der Waals surface area contributed by atoms with E-state index < -0.39 is 124 Å². The lowest BCUT2D eigenvalue weighted by Crippen LogP contribution is -2.66. The molecule has 19 heteroatoms.